The molecule has 0 heterocycles. The quantitative estimate of drug-likeness (QED) is 0.832. The van der Waals surface area contributed by atoms with Crippen molar-refractivity contribution in [3.63, 3.8) is 0 Å². The fraction of sp³-hybridized carbons (Fsp3) is 0.533. The van der Waals surface area contributed by atoms with E-state index in [4.69, 9.17) is 4.74 Å². The molecule has 19 heavy (non-hydrogen) atoms. The molecule has 1 unspecified atom stereocenters. The minimum Gasteiger partial charge on any atom is -0.469 e. The van der Waals surface area contributed by atoms with E-state index in [1.54, 1.807) is 18.2 Å². The molecule has 1 fully saturated rings. The van der Waals surface area contributed by atoms with Crippen LogP contribution < -0.4 is 5.32 Å². The van der Waals surface area contributed by atoms with Gasteiger partial charge in [-0.3, -0.25) is 4.79 Å². The van der Waals surface area contributed by atoms with E-state index in [2.05, 4.69) is 5.32 Å². The smallest absolute Gasteiger partial charge is 0.314 e. The van der Waals surface area contributed by atoms with Crippen molar-refractivity contribution < 1.29 is 13.9 Å². The first-order chi connectivity index (χ1) is 9.22. The Morgan fingerprint density at radius 3 is 2.74 bits per heavy atom. The summed E-state index contributed by atoms with van der Waals surface area (Å²) in [6.07, 6.45) is 4.71. The van der Waals surface area contributed by atoms with Crippen LogP contribution in [0.5, 0.6) is 0 Å². The van der Waals surface area contributed by atoms with Crippen LogP contribution in [0.15, 0.2) is 24.3 Å². The summed E-state index contributed by atoms with van der Waals surface area (Å²) >= 11 is 0. The molecule has 1 atom stereocenters. The third-order valence-electron chi connectivity index (χ3n) is 3.73. The maximum Gasteiger partial charge on any atom is 0.314 e. The maximum atomic E-state index is 13.8. The summed E-state index contributed by atoms with van der Waals surface area (Å²) in [6, 6.07) is 6.83. The first-order valence-electron chi connectivity index (χ1n) is 6.78. The summed E-state index contributed by atoms with van der Waals surface area (Å²) in [5.74, 6) is -1.33. The molecule has 4 heteroatoms. The molecule has 0 saturated heterocycles. The fourth-order valence-corrected chi connectivity index (χ4v) is 2.63. The van der Waals surface area contributed by atoms with Gasteiger partial charge in [-0.15, -0.1) is 0 Å². The van der Waals surface area contributed by atoms with Gasteiger partial charge in [-0.1, -0.05) is 31.0 Å². The normalized spacial score (nSPS) is 17.4. The van der Waals surface area contributed by atoms with Crippen LogP contribution >= 0.6 is 0 Å². The van der Waals surface area contributed by atoms with E-state index in [1.807, 2.05) is 0 Å². The minimum atomic E-state index is -0.577. The molecule has 1 saturated carbocycles. The van der Waals surface area contributed by atoms with Crippen molar-refractivity contribution in [3.8, 4) is 0 Å². The number of nitrogens with one attached hydrogen (secondary N) is 1. The van der Waals surface area contributed by atoms with E-state index >= 15 is 0 Å². The fourth-order valence-electron chi connectivity index (χ4n) is 2.63. The molecule has 0 spiro atoms. The minimum absolute atomic E-state index is 0.355. The molecular weight excluding hydrogens is 245 g/mol. The van der Waals surface area contributed by atoms with E-state index in [9.17, 15) is 9.18 Å². The molecule has 1 aromatic carbocycles. The highest BCUT2D eigenvalue weighted by Gasteiger charge is 2.25. The van der Waals surface area contributed by atoms with Crippen molar-refractivity contribution in [1.82, 2.24) is 5.32 Å². The van der Waals surface area contributed by atoms with E-state index < -0.39 is 11.9 Å². The molecule has 3 nitrogen and oxygen atoms in total. The van der Waals surface area contributed by atoms with Gasteiger partial charge in [0.1, 0.15) is 5.82 Å². The van der Waals surface area contributed by atoms with Crippen LogP contribution in [0.2, 0.25) is 0 Å². The lowest BCUT2D eigenvalue weighted by atomic mass is 9.98. The summed E-state index contributed by atoms with van der Waals surface area (Å²) < 4.78 is 18.6. The number of rotatable bonds is 5. The zero-order valence-electron chi connectivity index (χ0n) is 11.2. The summed E-state index contributed by atoms with van der Waals surface area (Å²) in [5, 5.41) is 3.36. The van der Waals surface area contributed by atoms with Crippen molar-refractivity contribution >= 4 is 5.97 Å². The predicted molar refractivity (Wildman–Crippen MR) is 71.4 cm³/mol. The first-order valence-corrected chi connectivity index (χ1v) is 6.78. The highest BCUT2D eigenvalue weighted by Crippen LogP contribution is 2.22. The van der Waals surface area contributed by atoms with Crippen LogP contribution in [0.3, 0.4) is 0 Å². The SMILES string of the molecule is COC(=O)C(CNC1CCCC1)c1ccccc1F. The molecular formula is C15H20FNO2. The van der Waals surface area contributed by atoms with E-state index in [1.165, 1.54) is 26.0 Å². The monoisotopic (exact) mass is 265 g/mol. The number of benzene rings is 1. The van der Waals surface area contributed by atoms with Crippen molar-refractivity contribution in [2.24, 2.45) is 0 Å². The standard InChI is InChI=1S/C15H20FNO2/c1-19-15(18)13(10-17-11-6-2-3-7-11)12-8-4-5-9-14(12)16/h4-5,8-9,11,13,17H,2-3,6-7,10H2,1H3. The van der Waals surface area contributed by atoms with Gasteiger partial charge in [-0.25, -0.2) is 4.39 Å². The van der Waals surface area contributed by atoms with Gasteiger partial charge < -0.3 is 10.1 Å². The Labute approximate surface area is 113 Å². The second-order valence-electron chi connectivity index (χ2n) is 4.99. The predicted octanol–water partition coefficient (Wildman–Crippen LogP) is 2.61. The maximum absolute atomic E-state index is 13.8. The molecule has 1 aliphatic carbocycles. The van der Waals surface area contributed by atoms with Gasteiger partial charge in [0.05, 0.1) is 13.0 Å². The summed E-state index contributed by atoms with van der Waals surface area (Å²) in [6.45, 7) is 0.429. The van der Waals surface area contributed by atoms with Crippen LogP contribution in [-0.4, -0.2) is 25.7 Å². The van der Waals surface area contributed by atoms with Gasteiger partial charge in [-0.05, 0) is 18.9 Å². The number of carbonyl (C=O) groups excluding carboxylic acids is 1. The largest absolute Gasteiger partial charge is 0.469 e. The second-order valence-corrected chi connectivity index (χ2v) is 4.99. The zero-order chi connectivity index (χ0) is 13.7. The van der Waals surface area contributed by atoms with Gasteiger partial charge in [0, 0.05) is 18.2 Å². The zero-order valence-corrected chi connectivity index (χ0v) is 11.2. The van der Waals surface area contributed by atoms with Gasteiger partial charge in [0.15, 0.2) is 0 Å². The van der Waals surface area contributed by atoms with Crippen molar-refractivity contribution in [3.05, 3.63) is 35.6 Å². The molecule has 1 N–H and O–H groups in total. The lowest BCUT2D eigenvalue weighted by Gasteiger charge is -2.19. The number of hydrogen-bond donors (Lipinski definition) is 1. The molecule has 1 aliphatic rings. The molecule has 1 aromatic rings. The summed E-state index contributed by atoms with van der Waals surface area (Å²) in [5.41, 5.74) is 0.403. The summed E-state index contributed by atoms with van der Waals surface area (Å²) in [4.78, 5) is 11.8. The Hall–Kier alpha value is -1.42. The number of halogens is 1. The molecule has 0 amide bonds. The van der Waals surface area contributed by atoms with Crippen LogP contribution in [0.25, 0.3) is 0 Å². The number of esters is 1. The number of methoxy groups -OCH3 is 1. The number of ether oxygens (including phenoxy) is 1. The van der Waals surface area contributed by atoms with Gasteiger partial charge in [0.2, 0.25) is 0 Å². The molecule has 0 radical (unpaired) electrons. The number of carbonyl (C=O) groups is 1. The van der Waals surface area contributed by atoms with E-state index in [-0.39, 0.29) is 5.82 Å². The van der Waals surface area contributed by atoms with Crippen LogP contribution in [0.4, 0.5) is 4.39 Å². The average Bonchev–Trinajstić information content (AvgIpc) is 2.93. The Bertz CT molecular complexity index is 430. The lowest BCUT2D eigenvalue weighted by Crippen LogP contribution is -2.34. The Kier molecular flexibility index (Phi) is 4.91. The topological polar surface area (TPSA) is 38.3 Å². The van der Waals surface area contributed by atoms with Gasteiger partial charge >= 0.3 is 5.97 Å². The van der Waals surface area contributed by atoms with Crippen LogP contribution in [-0.2, 0) is 9.53 Å². The molecule has 0 bridgehead atoms. The van der Waals surface area contributed by atoms with Crippen molar-refractivity contribution in [1.29, 1.82) is 0 Å². The Morgan fingerprint density at radius 2 is 2.11 bits per heavy atom. The molecule has 0 aliphatic heterocycles. The van der Waals surface area contributed by atoms with E-state index in [0.29, 0.717) is 18.2 Å². The Balaban J connectivity index is 2.07. The van der Waals surface area contributed by atoms with Gasteiger partial charge in [0.25, 0.3) is 0 Å². The highest BCUT2D eigenvalue weighted by atomic mass is 19.1. The molecule has 0 aromatic heterocycles. The van der Waals surface area contributed by atoms with Gasteiger partial charge in [-0.2, -0.15) is 0 Å². The first kappa shape index (κ1) is 14.0. The van der Waals surface area contributed by atoms with Crippen molar-refractivity contribution in [2.45, 2.75) is 37.6 Å². The summed E-state index contributed by atoms with van der Waals surface area (Å²) in [7, 11) is 1.34. The van der Waals surface area contributed by atoms with Crippen LogP contribution in [0.1, 0.15) is 37.2 Å². The molecule has 2 rings (SSSR count). The number of hydrogen-bond acceptors (Lipinski definition) is 3. The highest BCUT2D eigenvalue weighted by molar-refractivity contribution is 5.78. The second kappa shape index (κ2) is 6.66. The van der Waals surface area contributed by atoms with E-state index in [0.717, 1.165) is 12.8 Å². The molecule has 104 valence electrons. The lowest BCUT2D eigenvalue weighted by molar-refractivity contribution is -0.142. The third kappa shape index (κ3) is 3.53. The van der Waals surface area contributed by atoms with Crippen LogP contribution in [0, 0.1) is 5.82 Å². The average molecular weight is 265 g/mol. The van der Waals surface area contributed by atoms with Crippen molar-refractivity contribution in [2.75, 3.05) is 13.7 Å². The third-order valence-corrected chi connectivity index (χ3v) is 3.73. The Morgan fingerprint density at radius 1 is 1.42 bits per heavy atom.